The number of nitrogens with zero attached hydrogens (tertiary/aromatic N) is 4. The molecule has 0 radical (unpaired) electrons. The molecule has 1 unspecified atom stereocenters. The van der Waals surface area contributed by atoms with Gasteiger partial charge < -0.3 is 0 Å². The van der Waals surface area contributed by atoms with Gasteiger partial charge in [0.1, 0.15) is 0 Å². The van der Waals surface area contributed by atoms with Crippen LogP contribution >= 0.6 is 0 Å². The van der Waals surface area contributed by atoms with Gasteiger partial charge in [-0.15, -0.1) is 0 Å². The monoisotopic (exact) mass is 348 g/mol. The summed E-state index contributed by atoms with van der Waals surface area (Å²) in [5, 5.41) is 6.44. The fourth-order valence-electron chi connectivity index (χ4n) is 3.69. The minimum absolute atomic E-state index is 0.0169. The van der Waals surface area contributed by atoms with Crippen LogP contribution in [-0.4, -0.2) is 44.6 Å². The zero-order chi connectivity index (χ0) is 18.1. The van der Waals surface area contributed by atoms with Gasteiger partial charge in [-0.2, -0.15) is 5.10 Å². The lowest BCUT2D eigenvalue weighted by atomic mass is 10.0. The van der Waals surface area contributed by atoms with Crippen molar-refractivity contribution in [3.63, 3.8) is 0 Å². The third kappa shape index (κ3) is 3.40. The van der Waals surface area contributed by atoms with E-state index in [0.29, 0.717) is 6.42 Å². The summed E-state index contributed by atoms with van der Waals surface area (Å²) in [5.74, 6) is 0.252. The van der Waals surface area contributed by atoms with Gasteiger partial charge >= 0.3 is 0 Å². The number of fused-ring (bicyclic) bond motifs is 1. The maximum atomic E-state index is 12.6. The first-order chi connectivity index (χ1) is 12.6. The molecule has 3 aromatic rings. The summed E-state index contributed by atoms with van der Waals surface area (Å²) in [5.41, 5.74) is 3.06. The molecule has 1 aliphatic heterocycles. The molecule has 1 fully saturated rings. The third-order valence-electron chi connectivity index (χ3n) is 5.33. The van der Waals surface area contributed by atoms with Crippen molar-refractivity contribution >= 4 is 16.6 Å². The Morgan fingerprint density at radius 2 is 1.92 bits per heavy atom. The molecule has 1 aliphatic rings. The molecule has 1 saturated heterocycles. The second-order valence-electron chi connectivity index (χ2n) is 7.20. The minimum atomic E-state index is -0.0169. The van der Waals surface area contributed by atoms with Crippen LogP contribution in [0.25, 0.3) is 21.9 Å². The number of Topliss-reactive ketones (excluding diaryl/α,β-unsaturated/α-hetero) is 1. The van der Waals surface area contributed by atoms with Gasteiger partial charge in [0.05, 0.1) is 18.7 Å². The lowest BCUT2D eigenvalue weighted by molar-refractivity contribution is -0.122. The topological polar surface area (TPSA) is 51.0 Å². The number of rotatable bonds is 5. The molecule has 26 heavy (non-hydrogen) atoms. The van der Waals surface area contributed by atoms with Crippen LogP contribution in [0, 0.1) is 0 Å². The second kappa shape index (κ2) is 7.00. The number of ketones is 1. The van der Waals surface area contributed by atoms with Gasteiger partial charge in [-0.3, -0.25) is 19.4 Å². The Hall–Kier alpha value is -2.53. The molecule has 3 heterocycles. The number of carbonyl (C=O) groups excluding carboxylic acids is 1. The first-order valence-electron chi connectivity index (χ1n) is 9.24. The Kier molecular flexibility index (Phi) is 4.55. The molecular formula is C21H24N4O. The minimum Gasteiger partial charge on any atom is -0.298 e. The van der Waals surface area contributed by atoms with Crippen LogP contribution in [0.5, 0.6) is 0 Å². The van der Waals surface area contributed by atoms with Crippen LogP contribution in [-0.2, 0) is 18.3 Å². The van der Waals surface area contributed by atoms with Crippen molar-refractivity contribution in [1.29, 1.82) is 0 Å². The SMILES string of the molecule is CC(C(=O)Cc1cc2cc(-c3cnn(C)c3)ccc2cn1)N1CCCC1. The van der Waals surface area contributed by atoms with E-state index in [1.54, 1.807) is 4.68 Å². The zero-order valence-electron chi connectivity index (χ0n) is 15.4. The van der Waals surface area contributed by atoms with Crippen LogP contribution in [0.4, 0.5) is 0 Å². The molecule has 134 valence electrons. The van der Waals surface area contributed by atoms with Crippen molar-refractivity contribution in [1.82, 2.24) is 19.7 Å². The van der Waals surface area contributed by atoms with Gasteiger partial charge in [-0.1, -0.05) is 12.1 Å². The van der Waals surface area contributed by atoms with Crippen molar-refractivity contribution < 1.29 is 4.79 Å². The van der Waals surface area contributed by atoms with Gasteiger partial charge in [0, 0.05) is 36.1 Å². The highest BCUT2D eigenvalue weighted by molar-refractivity contribution is 5.89. The molecule has 0 aliphatic carbocycles. The number of benzene rings is 1. The molecule has 0 spiro atoms. The molecule has 1 aromatic carbocycles. The first-order valence-corrected chi connectivity index (χ1v) is 9.24. The van der Waals surface area contributed by atoms with Crippen molar-refractivity contribution in [2.24, 2.45) is 7.05 Å². The molecule has 4 rings (SSSR count). The Balaban J connectivity index is 1.57. The number of hydrogen-bond donors (Lipinski definition) is 0. The smallest absolute Gasteiger partial charge is 0.155 e. The molecule has 0 saturated carbocycles. The lowest BCUT2D eigenvalue weighted by Gasteiger charge is -2.22. The summed E-state index contributed by atoms with van der Waals surface area (Å²) < 4.78 is 1.80. The maximum Gasteiger partial charge on any atom is 0.155 e. The van der Waals surface area contributed by atoms with Crippen LogP contribution in [0.2, 0.25) is 0 Å². The molecule has 5 heteroatoms. The zero-order valence-corrected chi connectivity index (χ0v) is 15.4. The number of hydrogen-bond acceptors (Lipinski definition) is 4. The number of aromatic nitrogens is 3. The first kappa shape index (κ1) is 16.9. The molecule has 1 atom stereocenters. The standard InChI is InChI=1S/C21H24N4O/c1-15(25-7-3-4-8-25)21(26)11-20-10-18-9-16(5-6-17(18)12-22-20)19-13-23-24(2)14-19/h5-6,9-10,12-15H,3-4,7-8,11H2,1-2H3. The second-order valence-corrected chi connectivity index (χ2v) is 7.20. The Morgan fingerprint density at radius 3 is 2.65 bits per heavy atom. The van der Waals surface area contributed by atoms with Crippen LogP contribution in [0.3, 0.4) is 0 Å². The van der Waals surface area contributed by atoms with Gasteiger partial charge in [-0.25, -0.2) is 0 Å². The largest absolute Gasteiger partial charge is 0.298 e. The summed E-state index contributed by atoms with van der Waals surface area (Å²) in [6, 6.07) is 8.33. The summed E-state index contributed by atoms with van der Waals surface area (Å²) >= 11 is 0. The van der Waals surface area contributed by atoms with Gasteiger partial charge in [0.25, 0.3) is 0 Å². The fourth-order valence-corrected chi connectivity index (χ4v) is 3.69. The predicted molar refractivity (Wildman–Crippen MR) is 103 cm³/mol. The van der Waals surface area contributed by atoms with E-state index in [9.17, 15) is 4.79 Å². The van der Waals surface area contributed by atoms with Crippen molar-refractivity contribution in [3.05, 3.63) is 48.5 Å². The predicted octanol–water partition coefficient (Wildman–Crippen LogP) is 3.23. The number of carbonyl (C=O) groups is 1. The van der Waals surface area contributed by atoms with Crippen molar-refractivity contribution in [2.45, 2.75) is 32.2 Å². The molecule has 5 nitrogen and oxygen atoms in total. The average Bonchev–Trinajstić information content (AvgIpc) is 3.32. The number of pyridine rings is 1. The van der Waals surface area contributed by atoms with E-state index in [1.807, 2.05) is 38.6 Å². The molecule has 0 amide bonds. The van der Waals surface area contributed by atoms with E-state index in [0.717, 1.165) is 40.7 Å². The summed E-state index contributed by atoms with van der Waals surface area (Å²) in [6.07, 6.45) is 8.52. The fraction of sp³-hybridized carbons (Fsp3) is 0.381. The molecule has 0 bridgehead atoms. The Bertz CT molecular complexity index is 940. The highest BCUT2D eigenvalue weighted by Crippen LogP contribution is 2.24. The van der Waals surface area contributed by atoms with Gasteiger partial charge in [0.15, 0.2) is 5.78 Å². The van der Waals surface area contributed by atoms with E-state index >= 15 is 0 Å². The highest BCUT2D eigenvalue weighted by atomic mass is 16.1. The van der Waals surface area contributed by atoms with E-state index < -0.39 is 0 Å². The van der Waals surface area contributed by atoms with Crippen LogP contribution in [0.15, 0.2) is 42.9 Å². The van der Waals surface area contributed by atoms with Crippen molar-refractivity contribution in [2.75, 3.05) is 13.1 Å². The quantitative estimate of drug-likeness (QED) is 0.710. The van der Waals surface area contributed by atoms with E-state index in [4.69, 9.17) is 0 Å². The number of aryl methyl sites for hydroxylation is 1. The van der Waals surface area contributed by atoms with E-state index in [2.05, 4.69) is 33.2 Å². The molecule has 2 aromatic heterocycles. The van der Waals surface area contributed by atoms with Gasteiger partial charge in [-0.05, 0) is 55.9 Å². The normalized spacial score (nSPS) is 16.2. The highest BCUT2D eigenvalue weighted by Gasteiger charge is 2.24. The molecular weight excluding hydrogens is 324 g/mol. The van der Waals surface area contributed by atoms with Crippen LogP contribution in [0.1, 0.15) is 25.5 Å². The van der Waals surface area contributed by atoms with Gasteiger partial charge in [0.2, 0.25) is 0 Å². The summed E-state index contributed by atoms with van der Waals surface area (Å²) in [6.45, 7) is 4.09. The molecule has 0 N–H and O–H groups in total. The summed E-state index contributed by atoms with van der Waals surface area (Å²) in [7, 11) is 1.92. The van der Waals surface area contributed by atoms with Crippen molar-refractivity contribution in [3.8, 4) is 11.1 Å². The third-order valence-corrected chi connectivity index (χ3v) is 5.33. The van der Waals surface area contributed by atoms with E-state index in [1.165, 1.54) is 12.8 Å². The Morgan fingerprint density at radius 1 is 1.12 bits per heavy atom. The van der Waals surface area contributed by atoms with E-state index in [-0.39, 0.29) is 11.8 Å². The Labute approximate surface area is 153 Å². The van der Waals surface area contributed by atoms with Crippen LogP contribution < -0.4 is 0 Å². The average molecular weight is 348 g/mol. The lowest BCUT2D eigenvalue weighted by Crippen LogP contribution is -2.37. The number of likely N-dealkylation sites (tertiary alicyclic amines) is 1. The maximum absolute atomic E-state index is 12.6. The summed E-state index contributed by atoms with van der Waals surface area (Å²) in [4.78, 5) is 19.4.